The Kier molecular flexibility index (Phi) is 4.03. The van der Waals surface area contributed by atoms with Crippen molar-refractivity contribution >= 4 is 30.9 Å². The van der Waals surface area contributed by atoms with E-state index in [-0.39, 0.29) is 0 Å². The molecule has 0 bridgehead atoms. The lowest BCUT2D eigenvalue weighted by molar-refractivity contribution is 0.573. The number of nitriles is 1. The maximum Gasteiger partial charge on any atom is 0.374 e. The van der Waals surface area contributed by atoms with Crippen LogP contribution in [0.25, 0.3) is 11.3 Å². The molecule has 0 N–H and O–H groups in total. The van der Waals surface area contributed by atoms with Gasteiger partial charge in [-0.05, 0) is 30.9 Å². The molecular formula is C14H11BN2OS. The largest absolute Gasteiger partial charge is 0.566 e. The van der Waals surface area contributed by atoms with Crippen molar-refractivity contribution in [3.05, 3.63) is 52.0 Å². The van der Waals surface area contributed by atoms with Gasteiger partial charge in [0, 0.05) is 4.88 Å². The van der Waals surface area contributed by atoms with E-state index in [1.807, 2.05) is 44.2 Å². The van der Waals surface area contributed by atoms with Gasteiger partial charge in [-0.2, -0.15) is 9.64 Å². The first-order chi connectivity index (χ1) is 9.19. The second-order valence-corrected chi connectivity index (χ2v) is 4.98. The van der Waals surface area contributed by atoms with Crippen LogP contribution >= 0.6 is 11.5 Å². The van der Waals surface area contributed by atoms with Gasteiger partial charge in [-0.15, -0.1) is 0 Å². The van der Waals surface area contributed by atoms with Crippen molar-refractivity contribution in [2.24, 2.45) is 0 Å². The zero-order valence-corrected chi connectivity index (χ0v) is 11.5. The highest BCUT2D eigenvalue weighted by Gasteiger charge is 2.18. The predicted octanol–water partition coefficient (Wildman–Crippen LogP) is 3.25. The molecule has 5 heteroatoms. The van der Waals surface area contributed by atoms with Gasteiger partial charge in [-0.3, -0.25) is 0 Å². The summed E-state index contributed by atoms with van der Waals surface area (Å²) in [5.74, 6) is 0.373. The van der Waals surface area contributed by atoms with Crippen molar-refractivity contribution in [2.75, 3.05) is 0 Å². The summed E-state index contributed by atoms with van der Waals surface area (Å²) in [4.78, 5) is 0.974. The minimum absolute atomic E-state index is 0.373. The van der Waals surface area contributed by atoms with E-state index in [1.54, 1.807) is 0 Å². The lowest BCUT2D eigenvalue weighted by Crippen LogP contribution is -1.96. The molecule has 0 aliphatic rings. The molecule has 19 heavy (non-hydrogen) atoms. The molecule has 1 heterocycles. The SMILES string of the molecule is [B]OC(=C(C#N)c1ccccc1)c1c(C)nsc1C. The molecular weight excluding hydrogens is 255 g/mol. The Morgan fingerprint density at radius 3 is 2.47 bits per heavy atom. The molecule has 1 aromatic heterocycles. The predicted molar refractivity (Wildman–Crippen MR) is 77.3 cm³/mol. The Labute approximate surface area is 117 Å². The third kappa shape index (κ3) is 2.54. The fraction of sp³-hybridized carbons (Fsp3) is 0.143. The lowest BCUT2D eigenvalue weighted by Gasteiger charge is -2.11. The number of allylic oxidation sites excluding steroid dienone is 1. The second-order valence-electron chi connectivity index (χ2n) is 4.00. The van der Waals surface area contributed by atoms with Gasteiger partial charge >= 0.3 is 8.05 Å². The molecule has 1 aromatic carbocycles. The average Bonchev–Trinajstić information content (AvgIpc) is 2.77. The zero-order chi connectivity index (χ0) is 13.8. The molecule has 0 atom stereocenters. The van der Waals surface area contributed by atoms with E-state index in [1.165, 1.54) is 11.5 Å². The number of aryl methyl sites for hydroxylation is 2. The summed E-state index contributed by atoms with van der Waals surface area (Å²) in [5.41, 5.74) is 2.80. The molecule has 0 saturated carbocycles. The average molecular weight is 266 g/mol. The fourth-order valence-electron chi connectivity index (χ4n) is 1.90. The first-order valence-corrected chi connectivity index (χ1v) is 6.46. The van der Waals surface area contributed by atoms with E-state index >= 15 is 0 Å². The minimum atomic E-state index is 0.373. The first-order valence-electron chi connectivity index (χ1n) is 5.68. The van der Waals surface area contributed by atoms with Crippen LogP contribution in [0.4, 0.5) is 0 Å². The smallest absolute Gasteiger partial charge is 0.374 e. The van der Waals surface area contributed by atoms with Gasteiger partial charge in [-0.25, -0.2) is 0 Å². The molecule has 0 spiro atoms. The Morgan fingerprint density at radius 1 is 1.32 bits per heavy atom. The van der Waals surface area contributed by atoms with E-state index < -0.39 is 0 Å². The van der Waals surface area contributed by atoms with Crippen LogP contribution in [0.15, 0.2) is 30.3 Å². The summed E-state index contributed by atoms with van der Waals surface area (Å²) < 4.78 is 9.25. The van der Waals surface area contributed by atoms with E-state index in [4.69, 9.17) is 12.7 Å². The summed E-state index contributed by atoms with van der Waals surface area (Å²) in [6.45, 7) is 3.80. The van der Waals surface area contributed by atoms with Crippen molar-refractivity contribution in [1.29, 1.82) is 5.26 Å². The van der Waals surface area contributed by atoms with Gasteiger partial charge in [0.1, 0.15) is 17.4 Å². The second kappa shape index (κ2) is 5.72. The molecule has 3 nitrogen and oxygen atoms in total. The van der Waals surface area contributed by atoms with Crippen LogP contribution in [0.2, 0.25) is 0 Å². The first kappa shape index (κ1) is 13.4. The summed E-state index contributed by atoms with van der Waals surface area (Å²) in [5, 5.41) is 9.40. The van der Waals surface area contributed by atoms with Crippen molar-refractivity contribution in [2.45, 2.75) is 13.8 Å². The standard InChI is InChI=1S/C14H11BN2OS/c1-9-13(10(2)19-17-9)14(18-15)12(8-16)11-6-4-3-5-7-11/h3-7H,1-2H3. The van der Waals surface area contributed by atoms with Crippen molar-refractivity contribution in [3.63, 3.8) is 0 Å². The molecule has 0 aliphatic carbocycles. The Hall–Kier alpha value is -2.06. The number of rotatable bonds is 3. The molecule has 0 unspecified atom stereocenters. The molecule has 0 fully saturated rings. The van der Waals surface area contributed by atoms with Crippen molar-refractivity contribution < 1.29 is 4.65 Å². The highest BCUT2D eigenvalue weighted by molar-refractivity contribution is 7.06. The molecule has 0 aliphatic heterocycles. The monoisotopic (exact) mass is 266 g/mol. The Morgan fingerprint density at radius 2 is 2.00 bits per heavy atom. The topological polar surface area (TPSA) is 45.9 Å². The van der Waals surface area contributed by atoms with E-state index in [0.717, 1.165) is 21.7 Å². The Bertz CT molecular complexity index is 636. The zero-order valence-electron chi connectivity index (χ0n) is 10.7. The van der Waals surface area contributed by atoms with Gasteiger partial charge in [-0.1, -0.05) is 30.3 Å². The summed E-state index contributed by atoms with van der Waals surface area (Å²) in [6.07, 6.45) is 0. The van der Waals surface area contributed by atoms with E-state index in [9.17, 15) is 5.26 Å². The number of hydrogen-bond donors (Lipinski definition) is 0. The fourth-order valence-corrected chi connectivity index (χ4v) is 2.60. The van der Waals surface area contributed by atoms with E-state index in [2.05, 4.69) is 10.4 Å². The summed E-state index contributed by atoms with van der Waals surface area (Å²) in [6, 6.07) is 11.5. The van der Waals surface area contributed by atoms with Crippen LogP contribution in [-0.4, -0.2) is 12.4 Å². The van der Waals surface area contributed by atoms with Crippen LogP contribution in [0, 0.1) is 25.2 Å². The van der Waals surface area contributed by atoms with Gasteiger partial charge in [0.15, 0.2) is 0 Å². The van der Waals surface area contributed by atoms with Gasteiger partial charge in [0.25, 0.3) is 0 Å². The van der Waals surface area contributed by atoms with Crippen LogP contribution in [-0.2, 0) is 4.65 Å². The molecule has 2 aromatic rings. The highest BCUT2D eigenvalue weighted by atomic mass is 32.1. The number of nitrogens with zero attached hydrogens (tertiary/aromatic N) is 2. The maximum atomic E-state index is 9.40. The third-order valence-corrected chi connectivity index (χ3v) is 3.62. The molecule has 0 amide bonds. The number of benzene rings is 1. The summed E-state index contributed by atoms with van der Waals surface area (Å²) in [7, 11) is 5.38. The van der Waals surface area contributed by atoms with Crippen molar-refractivity contribution in [1.82, 2.24) is 4.37 Å². The maximum absolute atomic E-state index is 9.40. The number of hydrogen-bond acceptors (Lipinski definition) is 4. The quantitative estimate of drug-likeness (QED) is 0.486. The van der Waals surface area contributed by atoms with Crippen LogP contribution < -0.4 is 0 Å². The number of aromatic nitrogens is 1. The van der Waals surface area contributed by atoms with Crippen LogP contribution in [0.1, 0.15) is 21.7 Å². The third-order valence-electron chi connectivity index (χ3n) is 2.78. The van der Waals surface area contributed by atoms with Crippen molar-refractivity contribution in [3.8, 4) is 6.07 Å². The minimum Gasteiger partial charge on any atom is -0.566 e. The van der Waals surface area contributed by atoms with Gasteiger partial charge in [0.2, 0.25) is 0 Å². The highest BCUT2D eigenvalue weighted by Crippen LogP contribution is 2.32. The van der Waals surface area contributed by atoms with Crippen LogP contribution in [0.3, 0.4) is 0 Å². The molecule has 2 radical (unpaired) electrons. The normalized spacial score (nSPS) is 11.6. The van der Waals surface area contributed by atoms with Gasteiger partial charge < -0.3 is 4.65 Å². The van der Waals surface area contributed by atoms with Gasteiger partial charge in [0.05, 0.1) is 11.3 Å². The Balaban J connectivity index is 2.68. The molecule has 2 rings (SSSR count). The van der Waals surface area contributed by atoms with Crippen LogP contribution in [0.5, 0.6) is 0 Å². The molecule has 92 valence electrons. The summed E-state index contributed by atoms with van der Waals surface area (Å²) >= 11 is 1.37. The lowest BCUT2D eigenvalue weighted by atomic mass is 10.0. The van der Waals surface area contributed by atoms with E-state index in [0.29, 0.717) is 11.3 Å². The molecule has 0 saturated heterocycles.